The first-order chi connectivity index (χ1) is 18.6. The molecule has 3 heterocycles. The molecule has 7 nitrogen and oxygen atoms in total. The van der Waals surface area contributed by atoms with Crippen molar-refractivity contribution in [2.75, 3.05) is 51.4 Å². The highest BCUT2D eigenvalue weighted by atomic mass is 35.5. The van der Waals surface area contributed by atoms with Crippen LogP contribution in [0.25, 0.3) is 10.2 Å². The third-order valence-corrected chi connectivity index (χ3v) is 8.59. The lowest BCUT2D eigenvalue weighted by Gasteiger charge is -2.32. The molecule has 38 heavy (non-hydrogen) atoms. The van der Waals surface area contributed by atoms with Crippen molar-refractivity contribution in [3.63, 3.8) is 0 Å². The molecule has 4 aromatic rings. The molecule has 1 aromatic heterocycles. The molecule has 0 bridgehead atoms. The van der Waals surface area contributed by atoms with Crippen molar-refractivity contribution < 1.29 is 19.0 Å². The summed E-state index contributed by atoms with van der Waals surface area (Å²) in [4.78, 5) is 23.7. The molecular formula is C29H28ClN3O4S. The highest BCUT2D eigenvalue weighted by molar-refractivity contribution is 7.23. The van der Waals surface area contributed by atoms with Crippen LogP contribution in [-0.2, 0) is 9.53 Å². The van der Waals surface area contributed by atoms with E-state index in [9.17, 15) is 4.79 Å². The molecule has 0 radical (unpaired) electrons. The Labute approximate surface area is 230 Å². The van der Waals surface area contributed by atoms with Crippen LogP contribution in [0.5, 0.6) is 17.2 Å². The molecule has 9 heteroatoms. The normalized spacial score (nSPS) is 15.5. The fraction of sp³-hybridized carbons (Fsp3) is 0.310. The van der Waals surface area contributed by atoms with Gasteiger partial charge in [-0.05, 0) is 30.7 Å². The van der Waals surface area contributed by atoms with Gasteiger partial charge in [-0.2, -0.15) is 0 Å². The lowest BCUT2D eigenvalue weighted by Crippen LogP contribution is -2.40. The number of benzene rings is 3. The first kappa shape index (κ1) is 25.1. The Bertz CT molecular complexity index is 1420. The maximum atomic E-state index is 14.6. The number of anilines is 1. The van der Waals surface area contributed by atoms with Crippen molar-refractivity contribution >= 4 is 44.2 Å². The molecular weight excluding hydrogens is 522 g/mol. The summed E-state index contributed by atoms with van der Waals surface area (Å²) < 4.78 is 18.0. The first-order valence-corrected chi connectivity index (χ1v) is 13.9. The Morgan fingerprint density at radius 2 is 1.76 bits per heavy atom. The average Bonchev–Trinajstić information content (AvgIpc) is 3.40. The Morgan fingerprint density at radius 3 is 2.45 bits per heavy atom. The second-order valence-corrected chi connectivity index (χ2v) is 10.7. The van der Waals surface area contributed by atoms with Crippen LogP contribution in [0, 0.1) is 0 Å². The summed E-state index contributed by atoms with van der Waals surface area (Å²) in [5.74, 6) is 1.49. The fourth-order valence-electron chi connectivity index (χ4n) is 5.13. The number of halogens is 1. The monoisotopic (exact) mass is 549 g/mol. The van der Waals surface area contributed by atoms with Gasteiger partial charge in [-0.15, -0.1) is 0 Å². The van der Waals surface area contributed by atoms with Crippen LogP contribution in [0.2, 0.25) is 5.02 Å². The van der Waals surface area contributed by atoms with E-state index < -0.39 is 5.92 Å². The average molecular weight is 550 g/mol. The molecule has 0 aliphatic carbocycles. The van der Waals surface area contributed by atoms with Gasteiger partial charge in [-0.3, -0.25) is 14.6 Å². The molecule has 6 rings (SSSR count). The highest BCUT2D eigenvalue weighted by Crippen LogP contribution is 2.46. The molecule has 1 amide bonds. The van der Waals surface area contributed by atoms with Crippen molar-refractivity contribution in [2.45, 2.75) is 12.3 Å². The van der Waals surface area contributed by atoms with Crippen LogP contribution in [0.1, 0.15) is 23.5 Å². The van der Waals surface area contributed by atoms with Gasteiger partial charge in [-0.25, -0.2) is 4.98 Å². The van der Waals surface area contributed by atoms with E-state index in [0.717, 1.165) is 55.1 Å². The predicted octanol–water partition coefficient (Wildman–Crippen LogP) is 5.95. The second-order valence-electron chi connectivity index (χ2n) is 9.33. The van der Waals surface area contributed by atoms with E-state index in [-0.39, 0.29) is 5.91 Å². The van der Waals surface area contributed by atoms with Crippen molar-refractivity contribution in [1.29, 1.82) is 0 Å². The predicted molar refractivity (Wildman–Crippen MR) is 150 cm³/mol. The van der Waals surface area contributed by atoms with E-state index in [0.29, 0.717) is 39.5 Å². The van der Waals surface area contributed by atoms with Gasteiger partial charge in [0.15, 0.2) is 5.13 Å². The molecule has 0 saturated carbocycles. The van der Waals surface area contributed by atoms with Gasteiger partial charge in [0.1, 0.15) is 22.8 Å². The highest BCUT2D eigenvalue weighted by Gasteiger charge is 2.36. The number of nitrogens with zero attached hydrogens (tertiary/aromatic N) is 3. The number of fused-ring (bicyclic) bond motifs is 3. The Morgan fingerprint density at radius 1 is 1.08 bits per heavy atom. The number of hydrogen-bond acceptors (Lipinski definition) is 7. The summed E-state index contributed by atoms with van der Waals surface area (Å²) in [5, 5.41) is 1.20. The molecule has 1 saturated heterocycles. The smallest absolute Gasteiger partial charge is 0.241 e. The number of thiazole rings is 1. The van der Waals surface area contributed by atoms with Crippen LogP contribution < -0.4 is 14.4 Å². The minimum Gasteiger partial charge on any atom is -0.494 e. The number of morpholine rings is 1. The van der Waals surface area contributed by atoms with Crippen LogP contribution in [0.4, 0.5) is 5.13 Å². The topological polar surface area (TPSA) is 64.1 Å². The van der Waals surface area contributed by atoms with Gasteiger partial charge >= 0.3 is 0 Å². The number of carbonyl (C=O) groups is 1. The van der Waals surface area contributed by atoms with Gasteiger partial charge in [0.05, 0.1) is 36.0 Å². The molecule has 2 aliphatic rings. The number of carbonyl (C=O) groups excluding carboxylic acids is 1. The van der Waals surface area contributed by atoms with Gasteiger partial charge < -0.3 is 14.2 Å². The number of para-hydroxylation sites is 2. The first-order valence-electron chi connectivity index (χ1n) is 12.7. The maximum absolute atomic E-state index is 14.6. The van der Waals surface area contributed by atoms with Crippen molar-refractivity contribution in [1.82, 2.24) is 9.88 Å². The largest absolute Gasteiger partial charge is 0.494 e. The number of rotatable bonds is 7. The summed E-state index contributed by atoms with van der Waals surface area (Å²) in [6, 6.07) is 19.1. The standard InChI is InChI=1S/C29H28ClN3O4S/c1-35-24-12-11-21(30)27-26(24)31-29(38-27)33(14-6-13-32-15-17-36-18-16-32)28(34)25-19-7-2-4-9-22(19)37-23-10-5-3-8-20(23)25/h2-5,7-12,25H,6,13-18H2,1H3. The summed E-state index contributed by atoms with van der Waals surface area (Å²) in [7, 11) is 1.61. The third-order valence-electron chi connectivity index (χ3n) is 7.05. The van der Waals surface area contributed by atoms with Crippen molar-refractivity contribution in [3.8, 4) is 17.2 Å². The third kappa shape index (κ3) is 4.73. The second kappa shape index (κ2) is 10.9. The number of ether oxygens (including phenoxy) is 3. The molecule has 3 aromatic carbocycles. The molecule has 1 fully saturated rings. The van der Waals surface area contributed by atoms with Gasteiger partial charge in [0.25, 0.3) is 0 Å². The molecule has 2 aliphatic heterocycles. The molecule has 0 unspecified atom stereocenters. The lowest BCUT2D eigenvalue weighted by molar-refractivity contribution is -0.119. The Kier molecular flexibility index (Phi) is 7.21. The maximum Gasteiger partial charge on any atom is 0.241 e. The minimum absolute atomic E-state index is 0.0377. The minimum atomic E-state index is -0.510. The molecule has 196 valence electrons. The van der Waals surface area contributed by atoms with Crippen LogP contribution in [0.15, 0.2) is 60.7 Å². The van der Waals surface area contributed by atoms with Gasteiger partial charge in [0, 0.05) is 37.3 Å². The summed E-state index contributed by atoms with van der Waals surface area (Å²) in [6.07, 6.45) is 0.805. The number of methoxy groups -OCH3 is 1. The number of amides is 1. The zero-order valence-corrected chi connectivity index (χ0v) is 22.6. The van der Waals surface area contributed by atoms with E-state index in [4.69, 9.17) is 30.8 Å². The number of hydrogen-bond donors (Lipinski definition) is 0. The summed E-state index contributed by atoms with van der Waals surface area (Å²) >= 11 is 7.97. The fourth-order valence-corrected chi connectivity index (χ4v) is 6.42. The summed E-state index contributed by atoms with van der Waals surface area (Å²) in [5.41, 5.74) is 2.37. The van der Waals surface area contributed by atoms with E-state index in [1.54, 1.807) is 13.2 Å². The van der Waals surface area contributed by atoms with E-state index >= 15 is 0 Å². The molecule has 0 spiro atoms. The molecule has 0 N–H and O–H groups in total. The van der Waals surface area contributed by atoms with Gasteiger partial charge in [-0.1, -0.05) is 59.3 Å². The zero-order chi connectivity index (χ0) is 26.1. The van der Waals surface area contributed by atoms with Crippen LogP contribution in [-0.4, -0.2) is 62.3 Å². The van der Waals surface area contributed by atoms with E-state index in [2.05, 4.69) is 4.90 Å². The van der Waals surface area contributed by atoms with Crippen LogP contribution in [0.3, 0.4) is 0 Å². The zero-order valence-electron chi connectivity index (χ0n) is 21.1. The summed E-state index contributed by atoms with van der Waals surface area (Å²) in [6.45, 7) is 4.70. The van der Waals surface area contributed by atoms with Crippen molar-refractivity contribution in [2.24, 2.45) is 0 Å². The van der Waals surface area contributed by atoms with E-state index in [1.807, 2.05) is 59.5 Å². The number of aromatic nitrogens is 1. The Hall–Kier alpha value is -3.17. The SMILES string of the molecule is COc1ccc(Cl)c2sc(N(CCCN3CCOCC3)C(=O)C3c4ccccc4Oc4ccccc43)nc12. The van der Waals surface area contributed by atoms with Crippen molar-refractivity contribution in [3.05, 3.63) is 76.8 Å². The quantitative estimate of drug-likeness (QED) is 0.284. The Balaban J connectivity index is 1.40. The van der Waals surface area contributed by atoms with E-state index in [1.165, 1.54) is 11.3 Å². The van der Waals surface area contributed by atoms with Crippen LogP contribution >= 0.6 is 22.9 Å². The molecule has 0 atom stereocenters. The van der Waals surface area contributed by atoms with Gasteiger partial charge in [0.2, 0.25) is 5.91 Å². The lowest BCUT2D eigenvalue weighted by atomic mass is 9.87.